The van der Waals surface area contributed by atoms with E-state index in [1.807, 2.05) is 48.3 Å². The van der Waals surface area contributed by atoms with Crippen LogP contribution in [-0.4, -0.2) is 37.6 Å². The first-order valence-corrected chi connectivity index (χ1v) is 15.1. The summed E-state index contributed by atoms with van der Waals surface area (Å²) >= 11 is 3.48. The summed E-state index contributed by atoms with van der Waals surface area (Å²) in [5.41, 5.74) is 7.56. The first-order chi connectivity index (χ1) is 21.3. The molecule has 4 aromatic rings. The SMILES string of the molecule is COc1cc(C(C=O)NN(c2ccc(Oc3ccc(F)cc3)cc2)c2c(C)cccc2N2CCCCC2)c(Br)cc1C(=O)O.Cl. The van der Waals surface area contributed by atoms with Gasteiger partial charge in [-0.2, -0.15) is 0 Å². The van der Waals surface area contributed by atoms with E-state index in [0.29, 0.717) is 21.5 Å². The van der Waals surface area contributed by atoms with Crippen LogP contribution in [-0.2, 0) is 4.79 Å². The molecule has 1 fully saturated rings. The average molecular weight is 699 g/mol. The quantitative estimate of drug-likeness (QED) is 0.119. The number of hydrogen-bond acceptors (Lipinski definition) is 7. The van der Waals surface area contributed by atoms with Gasteiger partial charge in [0.15, 0.2) is 0 Å². The molecule has 0 radical (unpaired) electrons. The van der Waals surface area contributed by atoms with Crippen LogP contribution < -0.4 is 24.8 Å². The number of aromatic carboxylic acids is 1. The number of rotatable bonds is 11. The van der Waals surface area contributed by atoms with E-state index in [1.165, 1.54) is 31.7 Å². The number of ether oxygens (including phenoxy) is 2. The minimum Gasteiger partial charge on any atom is -0.496 e. The number of methoxy groups -OCH3 is 1. The Bertz CT molecular complexity index is 1630. The Morgan fingerprint density at radius 2 is 1.67 bits per heavy atom. The number of carboxylic acids is 1. The molecule has 1 aliphatic heterocycles. The van der Waals surface area contributed by atoms with Gasteiger partial charge in [0.1, 0.15) is 41.0 Å². The minimum absolute atomic E-state index is 0. The van der Waals surface area contributed by atoms with E-state index in [0.717, 1.165) is 54.8 Å². The van der Waals surface area contributed by atoms with Gasteiger partial charge in [-0.05, 0) is 104 Å². The third-order valence-electron chi connectivity index (χ3n) is 7.57. The number of nitrogens with zero attached hydrogens (tertiary/aromatic N) is 2. The highest BCUT2D eigenvalue weighted by Gasteiger charge is 2.26. The van der Waals surface area contributed by atoms with Crippen LogP contribution in [0.3, 0.4) is 0 Å². The summed E-state index contributed by atoms with van der Waals surface area (Å²) in [5, 5.41) is 11.5. The van der Waals surface area contributed by atoms with E-state index in [-0.39, 0.29) is 29.5 Å². The normalized spacial score (nSPS) is 13.4. The number of nitrogens with one attached hydrogen (secondary N) is 1. The van der Waals surface area contributed by atoms with Crippen LogP contribution in [0, 0.1) is 12.7 Å². The third kappa shape index (κ3) is 7.76. The first kappa shape index (κ1) is 33.8. The van der Waals surface area contributed by atoms with E-state index in [4.69, 9.17) is 9.47 Å². The van der Waals surface area contributed by atoms with Gasteiger partial charge in [-0.3, -0.25) is 5.01 Å². The fourth-order valence-corrected chi connectivity index (χ4v) is 5.94. The van der Waals surface area contributed by atoms with E-state index < -0.39 is 12.0 Å². The van der Waals surface area contributed by atoms with Crippen molar-refractivity contribution in [3.05, 3.63) is 106 Å². The van der Waals surface area contributed by atoms with Crippen LogP contribution in [0.1, 0.15) is 46.8 Å². The molecule has 11 heteroatoms. The Morgan fingerprint density at radius 1 is 1.02 bits per heavy atom. The zero-order valence-electron chi connectivity index (χ0n) is 24.8. The van der Waals surface area contributed by atoms with Gasteiger partial charge in [-0.25, -0.2) is 14.6 Å². The van der Waals surface area contributed by atoms with Crippen LogP contribution in [0.5, 0.6) is 17.2 Å². The molecule has 2 N–H and O–H groups in total. The summed E-state index contributed by atoms with van der Waals surface area (Å²) in [6.45, 7) is 3.87. The van der Waals surface area contributed by atoms with Crippen molar-refractivity contribution in [2.45, 2.75) is 32.2 Å². The van der Waals surface area contributed by atoms with E-state index in [9.17, 15) is 19.1 Å². The lowest BCUT2D eigenvalue weighted by Crippen LogP contribution is -2.40. The molecule has 4 aromatic carbocycles. The molecule has 0 amide bonds. The Morgan fingerprint density at radius 3 is 2.27 bits per heavy atom. The molecule has 0 spiro atoms. The lowest BCUT2D eigenvalue weighted by molar-refractivity contribution is -0.109. The van der Waals surface area contributed by atoms with Gasteiger partial charge in [0.2, 0.25) is 0 Å². The monoisotopic (exact) mass is 697 g/mol. The van der Waals surface area contributed by atoms with Gasteiger partial charge in [0.25, 0.3) is 0 Å². The Hall–Kier alpha value is -4.12. The Kier molecular flexibility index (Phi) is 11.4. The van der Waals surface area contributed by atoms with E-state index in [1.54, 1.807) is 18.2 Å². The third-order valence-corrected chi connectivity index (χ3v) is 8.26. The minimum atomic E-state index is -1.14. The van der Waals surface area contributed by atoms with Crippen molar-refractivity contribution < 1.29 is 28.6 Å². The van der Waals surface area contributed by atoms with Crippen LogP contribution >= 0.6 is 28.3 Å². The number of carbonyl (C=O) groups excluding carboxylic acids is 1. The second kappa shape index (κ2) is 15.2. The van der Waals surface area contributed by atoms with Crippen molar-refractivity contribution in [2.24, 2.45) is 0 Å². The molecule has 0 aliphatic carbocycles. The predicted octanol–water partition coefficient (Wildman–Crippen LogP) is 8.39. The second-order valence-electron chi connectivity index (χ2n) is 10.5. The molecule has 0 saturated carbocycles. The summed E-state index contributed by atoms with van der Waals surface area (Å²) in [7, 11) is 1.39. The van der Waals surface area contributed by atoms with Gasteiger partial charge >= 0.3 is 5.97 Å². The van der Waals surface area contributed by atoms with Crippen molar-refractivity contribution in [1.82, 2.24) is 5.43 Å². The Balaban J connectivity index is 0.00000461. The van der Waals surface area contributed by atoms with Gasteiger partial charge in [-0.1, -0.05) is 28.1 Å². The van der Waals surface area contributed by atoms with Gasteiger partial charge in [-0.15, -0.1) is 12.4 Å². The Labute approximate surface area is 276 Å². The number of hydrazine groups is 1. The highest BCUT2D eigenvalue weighted by Crippen LogP contribution is 2.40. The number of halogens is 3. The standard InChI is InChI=1S/C34H33BrFN3O5.ClH/c1-22-7-6-8-31(38-17-4-3-5-18-38)33(22)39(24-11-15-26(16-12-24)44-25-13-9-23(36)10-14-25)37-30(21-40)27-20-32(43-2)28(34(41)42)19-29(27)35;/h6-16,19-21,30,37H,3-5,17-18H2,1-2H3,(H,41,42);1H. The molecular weight excluding hydrogens is 665 g/mol. The number of aryl methyl sites for hydroxylation is 1. The fraction of sp³-hybridized carbons (Fsp3) is 0.235. The van der Waals surface area contributed by atoms with Gasteiger partial charge in [0.05, 0.1) is 24.2 Å². The lowest BCUT2D eigenvalue weighted by atomic mass is 10.0. The molecule has 1 heterocycles. The number of carbonyl (C=O) groups is 2. The van der Waals surface area contributed by atoms with Crippen molar-refractivity contribution in [3.8, 4) is 17.2 Å². The summed E-state index contributed by atoms with van der Waals surface area (Å²) in [6, 6.07) is 21.4. The van der Waals surface area contributed by atoms with Crippen molar-refractivity contribution in [2.75, 3.05) is 30.1 Å². The number of carboxylic acid groups (broad SMARTS) is 1. The summed E-state index contributed by atoms with van der Waals surface area (Å²) < 4.78 is 25.1. The molecule has 8 nitrogen and oxygen atoms in total. The number of aldehydes is 1. The van der Waals surface area contributed by atoms with Crippen LogP contribution in [0.15, 0.2) is 83.3 Å². The fourth-order valence-electron chi connectivity index (χ4n) is 5.35. The second-order valence-corrected chi connectivity index (χ2v) is 11.4. The summed E-state index contributed by atoms with van der Waals surface area (Å²) in [4.78, 5) is 26.9. The highest BCUT2D eigenvalue weighted by atomic mass is 79.9. The maximum absolute atomic E-state index is 13.4. The molecular formula is C34H34BrClFN3O5. The molecule has 0 aromatic heterocycles. The number of benzene rings is 4. The first-order valence-electron chi connectivity index (χ1n) is 14.3. The number of para-hydroxylation sites is 1. The van der Waals surface area contributed by atoms with Crippen molar-refractivity contribution >= 4 is 57.7 Å². The molecule has 0 bridgehead atoms. The molecule has 45 heavy (non-hydrogen) atoms. The predicted molar refractivity (Wildman–Crippen MR) is 179 cm³/mol. The number of hydrogen-bond donors (Lipinski definition) is 2. The molecule has 1 atom stereocenters. The van der Waals surface area contributed by atoms with Crippen molar-refractivity contribution in [1.29, 1.82) is 0 Å². The lowest BCUT2D eigenvalue weighted by Gasteiger charge is -2.37. The van der Waals surface area contributed by atoms with Crippen LogP contribution in [0.4, 0.5) is 21.5 Å². The number of piperidine rings is 1. The average Bonchev–Trinajstić information content (AvgIpc) is 3.04. The van der Waals surface area contributed by atoms with Crippen molar-refractivity contribution in [3.63, 3.8) is 0 Å². The van der Waals surface area contributed by atoms with Gasteiger partial charge < -0.3 is 24.3 Å². The smallest absolute Gasteiger partial charge is 0.339 e. The maximum atomic E-state index is 13.4. The molecule has 1 unspecified atom stereocenters. The molecule has 1 saturated heterocycles. The van der Waals surface area contributed by atoms with E-state index >= 15 is 0 Å². The van der Waals surface area contributed by atoms with Crippen LogP contribution in [0.2, 0.25) is 0 Å². The molecule has 5 rings (SSSR count). The largest absolute Gasteiger partial charge is 0.496 e. The zero-order valence-corrected chi connectivity index (χ0v) is 27.2. The maximum Gasteiger partial charge on any atom is 0.339 e. The number of anilines is 3. The van der Waals surface area contributed by atoms with Crippen LogP contribution in [0.25, 0.3) is 0 Å². The molecule has 236 valence electrons. The molecule has 1 aliphatic rings. The summed E-state index contributed by atoms with van der Waals surface area (Å²) in [5.74, 6) is -0.276. The topological polar surface area (TPSA) is 91.3 Å². The van der Waals surface area contributed by atoms with E-state index in [2.05, 4.69) is 32.3 Å². The summed E-state index contributed by atoms with van der Waals surface area (Å²) in [6.07, 6.45) is 4.15. The zero-order chi connectivity index (χ0) is 31.2. The van der Waals surface area contributed by atoms with Gasteiger partial charge in [0, 0.05) is 17.6 Å². The highest BCUT2D eigenvalue weighted by molar-refractivity contribution is 9.10.